The highest BCUT2D eigenvalue weighted by Crippen LogP contribution is 2.44. The van der Waals surface area contributed by atoms with Crippen LogP contribution in [0.1, 0.15) is 22.6 Å². The highest BCUT2D eigenvalue weighted by atomic mass is 19.1. The molecular weight excluding hydrogens is 415 g/mol. The zero-order chi connectivity index (χ0) is 22.7. The van der Waals surface area contributed by atoms with E-state index in [9.17, 15) is 24.4 Å². The third kappa shape index (κ3) is 4.15. The average molecular weight is 434 g/mol. The van der Waals surface area contributed by atoms with Crippen LogP contribution in [0.15, 0.2) is 66.7 Å². The number of nitro benzene ring substituents is 1. The summed E-state index contributed by atoms with van der Waals surface area (Å²) in [5.74, 6) is -1.55. The summed E-state index contributed by atoms with van der Waals surface area (Å²) in [6.07, 6.45) is 2.08. The quantitative estimate of drug-likeness (QED) is 0.420. The molecule has 7 nitrogen and oxygen atoms in total. The monoisotopic (exact) mass is 434 g/mol. The average Bonchev–Trinajstić information content (AvgIpc) is 3.11. The smallest absolute Gasteiger partial charge is 0.407 e. The van der Waals surface area contributed by atoms with Gasteiger partial charge in [0.25, 0.3) is 0 Å². The van der Waals surface area contributed by atoms with Crippen LogP contribution in [0, 0.1) is 15.9 Å². The highest BCUT2D eigenvalue weighted by molar-refractivity contribution is 5.79. The molecule has 0 bridgehead atoms. The summed E-state index contributed by atoms with van der Waals surface area (Å²) in [5.41, 5.74) is 3.67. The molecule has 0 heterocycles. The molecule has 0 unspecified atom stereocenters. The molecule has 0 atom stereocenters. The van der Waals surface area contributed by atoms with Crippen molar-refractivity contribution in [3.63, 3.8) is 0 Å². The van der Waals surface area contributed by atoms with Crippen molar-refractivity contribution in [2.45, 2.75) is 5.92 Å². The summed E-state index contributed by atoms with van der Waals surface area (Å²) in [6.45, 7) is 0.195. The standard InChI is InChI=1S/C24H19FN2O5/c25-16-12-15(23(28)22(13-16)27(30)31)6-5-11-26-24(29)32-14-21-19-9-3-1-7-17(19)18-8-2-4-10-20(18)21/h1-10,12-13,21,28H,11,14H2,(H,26,29). The van der Waals surface area contributed by atoms with Gasteiger partial charge in [0.1, 0.15) is 12.4 Å². The van der Waals surface area contributed by atoms with E-state index in [-0.39, 0.29) is 24.6 Å². The van der Waals surface area contributed by atoms with Crippen LogP contribution in [0.25, 0.3) is 17.2 Å². The number of aromatic hydroxyl groups is 1. The molecule has 3 aromatic carbocycles. The Morgan fingerprint density at radius 2 is 1.75 bits per heavy atom. The van der Waals surface area contributed by atoms with Crippen molar-refractivity contribution >= 4 is 17.9 Å². The molecule has 1 aliphatic carbocycles. The minimum Gasteiger partial charge on any atom is -0.502 e. The first kappa shape index (κ1) is 21.0. The number of carbonyl (C=O) groups is 1. The second kappa shape index (κ2) is 8.89. The Hall–Kier alpha value is -4.20. The number of rotatable bonds is 6. The fraction of sp³-hybridized carbons (Fsp3) is 0.125. The Kier molecular flexibility index (Phi) is 5.85. The molecule has 8 heteroatoms. The van der Waals surface area contributed by atoms with Crippen LogP contribution < -0.4 is 5.32 Å². The maximum absolute atomic E-state index is 13.5. The maximum atomic E-state index is 13.5. The van der Waals surface area contributed by atoms with Crippen LogP contribution >= 0.6 is 0 Å². The maximum Gasteiger partial charge on any atom is 0.407 e. The number of phenols is 1. The number of hydrogen-bond acceptors (Lipinski definition) is 5. The third-order valence-electron chi connectivity index (χ3n) is 5.29. The number of benzene rings is 3. The first-order valence-corrected chi connectivity index (χ1v) is 9.88. The van der Waals surface area contributed by atoms with E-state index in [0.29, 0.717) is 6.07 Å². The van der Waals surface area contributed by atoms with Crippen molar-refractivity contribution in [2.75, 3.05) is 13.2 Å². The molecule has 0 fully saturated rings. The predicted molar refractivity (Wildman–Crippen MR) is 117 cm³/mol. The molecule has 1 aliphatic rings. The van der Waals surface area contributed by atoms with Gasteiger partial charge in [-0.3, -0.25) is 10.1 Å². The third-order valence-corrected chi connectivity index (χ3v) is 5.29. The lowest BCUT2D eigenvalue weighted by Crippen LogP contribution is -2.26. The number of alkyl carbamates (subject to hydrolysis) is 1. The van der Waals surface area contributed by atoms with Crippen LogP contribution in [0.2, 0.25) is 0 Å². The second-order valence-corrected chi connectivity index (χ2v) is 7.23. The van der Waals surface area contributed by atoms with E-state index in [0.717, 1.165) is 28.3 Å². The lowest BCUT2D eigenvalue weighted by atomic mass is 9.98. The number of hydrogen-bond donors (Lipinski definition) is 2. The van der Waals surface area contributed by atoms with E-state index in [2.05, 4.69) is 5.32 Å². The molecule has 3 aromatic rings. The SMILES string of the molecule is O=C(NCC=Cc1cc(F)cc([N+](=O)[O-])c1O)OCC1c2ccccc2-c2ccccc21. The lowest BCUT2D eigenvalue weighted by molar-refractivity contribution is -0.386. The first-order valence-electron chi connectivity index (χ1n) is 9.88. The molecule has 0 saturated carbocycles. The van der Waals surface area contributed by atoms with E-state index in [4.69, 9.17) is 4.74 Å². The Labute approximate surface area is 182 Å². The number of carbonyl (C=O) groups excluding carboxylic acids is 1. The fourth-order valence-corrected chi connectivity index (χ4v) is 3.85. The predicted octanol–water partition coefficient (Wildman–Crippen LogP) is 4.99. The summed E-state index contributed by atoms with van der Waals surface area (Å²) in [4.78, 5) is 22.1. The van der Waals surface area contributed by atoms with E-state index in [1.54, 1.807) is 0 Å². The van der Waals surface area contributed by atoms with Crippen molar-refractivity contribution in [1.29, 1.82) is 0 Å². The molecule has 0 spiro atoms. The molecule has 0 aliphatic heterocycles. The zero-order valence-corrected chi connectivity index (χ0v) is 16.8. The number of phenolic OH excluding ortho intramolecular Hbond substituents is 1. The van der Waals surface area contributed by atoms with E-state index < -0.39 is 28.3 Å². The normalized spacial score (nSPS) is 12.4. The Balaban J connectivity index is 1.36. The number of fused-ring (bicyclic) bond motifs is 3. The molecule has 0 saturated heterocycles. The summed E-state index contributed by atoms with van der Waals surface area (Å²) < 4.78 is 18.9. The number of amides is 1. The van der Waals surface area contributed by atoms with Gasteiger partial charge in [0, 0.05) is 18.0 Å². The van der Waals surface area contributed by atoms with Gasteiger partial charge in [-0.2, -0.15) is 0 Å². The Morgan fingerprint density at radius 3 is 2.38 bits per heavy atom. The van der Waals surface area contributed by atoms with Gasteiger partial charge in [0.2, 0.25) is 5.75 Å². The molecule has 2 N–H and O–H groups in total. The molecule has 0 aromatic heterocycles. The molecule has 32 heavy (non-hydrogen) atoms. The number of halogens is 1. The van der Waals surface area contributed by atoms with E-state index in [1.807, 2.05) is 48.5 Å². The number of nitrogens with zero attached hydrogens (tertiary/aromatic N) is 1. The van der Waals surface area contributed by atoms with Crippen LogP contribution in [0.4, 0.5) is 14.9 Å². The van der Waals surface area contributed by atoms with E-state index in [1.165, 1.54) is 12.2 Å². The Morgan fingerprint density at radius 1 is 1.12 bits per heavy atom. The lowest BCUT2D eigenvalue weighted by Gasteiger charge is -2.14. The van der Waals surface area contributed by atoms with Gasteiger partial charge < -0.3 is 15.2 Å². The van der Waals surface area contributed by atoms with E-state index >= 15 is 0 Å². The van der Waals surface area contributed by atoms with Crippen LogP contribution in [0.5, 0.6) is 5.75 Å². The topological polar surface area (TPSA) is 102 Å². The summed E-state index contributed by atoms with van der Waals surface area (Å²) in [7, 11) is 0. The van der Waals surface area contributed by atoms with Gasteiger partial charge in [-0.1, -0.05) is 60.7 Å². The molecule has 1 amide bonds. The first-order chi connectivity index (χ1) is 15.5. The van der Waals surface area contributed by atoms with Crippen LogP contribution in [0.3, 0.4) is 0 Å². The summed E-state index contributed by atoms with van der Waals surface area (Å²) >= 11 is 0. The summed E-state index contributed by atoms with van der Waals surface area (Å²) in [6, 6.07) is 17.6. The van der Waals surface area contributed by atoms with Crippen molar-refractivity contribution in [2.24, 2.45) is 0 Å². The van der Waals surface area contributed by atoms with Gasteiger partial charge in [0.05, 0.1) is 11.0 Å². The van der Waals surface area contributed by atoms with Crippen molar-refractivity contribution in [1.82, 2.24) is 5.32 Å². The van der Waals surface area contributed by atoms with Gasteiger partial charge in [-0.05, 0) is 28.3 Å². The Bertz CT molecular complexity index is 1180. The van der Waals surface area contributed by atoms with Gasteiger partial charge in [-0.25, -0.2) is 9.18 Å². The van der Waals surface area contributed by atoms with Crippen LogP contribution in [-0.2, 0) is 4.74 Å². The molecule has 4 rings (SSSR count). The molecule has 162 valence electrons. The van der Waals surface area contributed by atoms with Crippen LogP contribution in [-0.4, -0.2) is 29.3 Å². The highest BCUT2D eigenvalue weighted by Gasteiger charge is 2.28. The minimum absolute atomic E-state index is 0.0282. The number of nitro groups is 1. The van der Waals surface area contributed by atoms with Gasteiger partial charge in [-0.15, -0.1) is 0 Å². The number of ether oxygens (including phenoxy) is 1. The van der Waals surface area contributed by atoms with Gasteiger partial charge in [0.15, 0.2) is 0 Å². The summed E-state index contributed by atoms with van der Waals surface area (Å²) in [5, 5.41) is 23.3. The number of nitrogens with one attached hydrogen (secondary N) is 1. The fourth-order valence-electron chi connectivity index (χ4n) is 3.85. The van der Waals surface area contributed by atoms with Crippen molar-refractivity contribution in [3.8, 4) is 16.9 Å². The van der Waals surface area contributed by atoms with Crippen molar-refractivity contribution < 1.29 is 24.0 Å². The van der Waals surface area contributed by atoms with Crippen molar-refractivity contribution in [3.05, 3.63) is 99.4 Å². The zero-order valence-electron chi connectivity index (χ0n) is 16.8. The van der Waals surface area contributed by atoms with Gasteiger partial charge >= 0.3 is 11.8 Å². The largest absolute Gasteiger partial charge is 0.502 e. The minimum atomic E-state index is -0.870. The molecule has 0 radical (unpaired) electrons. The molecular formula is C24H19FN2O5. The second-order valence-electron chi connectivity index (χ2n) is 7.23.